The zero-order chi connectivity index (χ0) is 21.0. The summed E-state index contributed by atoms with van der Waals surface area (Å²) in [6.45, 7) is 8.47. The number of fused-ring (bicyclic) bond motifs is 1. The molecule has 2 heterocycles. The Morgan fingerprint density at radius 3 is 2.66 bits per heavy atom. The molecule has 3 aromatic rings. The van der Waals surface area contributed by atoms with Crippen molar-refractivity contribution < 1.29 is 4.39 Å². The van der Waals surface area contributed by atoms with Gasteiger partial charge < -0.3 is 15.9 Å². The van der Waals surface area contributed by atoms with Gasteiger partial charge in [-0.25, -0.2) is 9.37 Å². The van der Waals surface area contributed by atoms with Crippen LogP contribution in [0.5, 0.6) is 0 Å². The van der Waals surface area contributed by atoms with E-state index in [9.17, 15) is 4.39 Å². The van der Waals surface area contributed by atoms with Crippen molar-refractivity contribution in [3.63, 3.8) is 0 Å². The van der Waals surface area contributed by atoms with Crippen LogP contribution < -0.4 is 11.5 Å². The molecule has 29 heavy (non-hydrogen) atoms. The normalized spacial score (nSPS) is 12.3. The van der Waals surface area contributed by atoms with Gasteiger partial charge in [0.25, 0.3) is 0 Å². The van der Waals surface area contributed by atoms with E-state index in [1.807, 2.05) is 48.8 Å². The van der Waals surface area contributed by atoms with Crippen LogP contribution in [0.2, 0.25) is 0 Å². The van der Waals surface area contributed by atoms with Crippen LogP contribution in [-0.2, 0) is 12.8 Å². The standard InChI is InChI=1S/C24H29FN4/c1-16(2)22(17(3)27)6-4-5-18-7-9-20(25)13-23(18)19-8-10-24-28-14-21(11-12-26)29(24)15-19/h7-10,13-15H,1,4-6,11-12,26-27H2,2-3H3/b22-17-. The van der Waals surface area contributed by atoms with Gasteiger partial charge in [0.1, 0.15) is 11.5 Å². The van der Waals surface area contributed by atoms with Crippen LogP contribution in [0.3, 0.4) is 0 Å². The summed E-state index contributed by atoms with van der Waals surface area (Å²) in [5.74, 6) is -0.239. The number of halogens is 1. The highest BCUT2D eigenvalue weighted by molar-refractivity contribution is 5.68. The number of hydrogen-bond acceptors (Lipinski definition) is 3. The highest BCUT2D eigenvalue weighted by Gasteiger charge is 2.11. The largest absolute Gasteiger partial charge is 0.402 e. The fourth-order valence-corrected chi connectivity index (χ4v) is 3.76. The first-order valence-electron chi connectivity index (χ1n) is 9.96. The van der Waals surface area contributed by atoms with Crippen molar-refractivity contribution in [2.75, 3.05) is 6.54 Å². The van der Waals surface area contributed by atoms with E-state index < -0.39 is 0 Å². The van der Waals surface area contributed by atoms with E-state index in [2.05, 4.69) is 11.6 Å². The van der Waals surface area contributed by atoms with E-state index in [4.69, 9.17) is 11.5 Å². The molecule has 4 N–H and O–H groups in total. The molecule has 5 heteroatoms. The molecule has 0 amide bonds. The summed E-state index contributed by atoms with van der Waals surface area (Å²) in [6, 6.07) is 8.97. The van der Waals surface area contributed by atoms with Gasteiger partial charge >= 0.3 is 0 Å². The number of imidazole rings is 1. The minimum absolute atomic E-state index is 0.239. The highest BCUT2D eigenvalue weighted by atomic mass is 19.1. The Balaban J connectivity index is 1.91. The summed E-state index contributed by atoms with van der Waals surface area (Å²) < 4.78 is 16.1. The van der Waals surface area contributed by atoms with Crippen molar-refractivity contribution >= 4 is 5.65 Å². The van der Waals surface area contributed by atoms with Gasteiger partial charge in [0.15, 0.2) is 0 Å². The van der Waals surface area contributed by atoms with E-state index in [-0.39, 0.29) is 5.82 Å². The molecule has 0 bridgehead atoms. The average molecular weight is 393 g/mol. The molecule has 0 fully saturated rings. The van der Waals surface area contributed by atoms with Crippen LogP contribution >= 0.6 is 0 Å². The summed E-state index contributed by atoms with van der Waals surface area (Å²) in [5.41, 5.74) is 19.5. The quantitative estimate of drug-likeness (QED) is 0.542. The first-order chi connectivity index (χ1) is 13.9. The zero-order valence-electron chi connectivity index (χ0n) is 17.2. The third-order valence-corrected chi connectivity index (χ3v) is 5.23. The Morgan fingerprint density at radius 1 is 1.17 bits per heavy atom. The first kappa shape index (κ1) is 20.8. The Bertz CT molecular complexity index is 1060. The van der Waals surface area contributed by atoms with Gasteiger partial charge in [-0.15, -0.1) is 0 Å². The highest BCUT2D eigenvalue weighted by Crippen LogP contribution is 2.28. The molecule has 0 aliphatic heterocycles. The van der Waals surface area contributed by atoms with E-state index in [0.717, 1.165) is 70.6 Å². The predicted molar refractivity (Wildman–Crippen MR) is 118 cm³/mol. The molecule has 0 aliphatic carbocycles. The smallest absolute Gasteiger partial charge is 0.136 e. The van der Waals surface area contributed by atoms with E-state index >= 15 is 0 Å². The van der Waals surface area contributed by atoms with Gasteiger partial charge in [0, 0.05) is 30.2 Å². The van der Waals surface area contributed by atoms with Crippen LogP contribution in [0.15, 0.2) is 66.1 Å². The molecule has 2 aromatic heterocycles. The van der Waals surface area contributed by atoms with Gasteiger partial charge in [0.05, 0.1) is 0 Å². The number of nitrogens with zero attached hydrogens (tertiary/aromatic N) is 2. The Hall–Kier alpha value is -2.92. The maximum absolute atomic E-state index is 14.1. The molecule has 0 aliphatic rings. The fraction of sp³-hybridized carbons (Fsp3) is 0.292. The van der Waals surface area contributed by atoms with Crippen LogP contribution in [0, 0.1) is 5.82 Å². The van der Waals surface area contributed by atoms with E-state index in [1.165, 1.54) is 6.07 Å². The number of nitrogens with two attached hydrogens (primary N) is 2. The molecule has 1 aromatic carbocycles. The second-order valence-corrected chi connectivity index (χ2v) is 7.53. The molecule has 4 nitrogen and oxygen atoms in total. The third-order valence-electron chi connectivity index (χ3n) is 5.23. The Labute approximate surface area is 171 Å². The van der Waals surface area contributed by atoms with Gasteiger partial charge in [-0.05, 0) is 86.2 Å². The predicted octanol–water partition coefficient (Wildman–Crippen LogP) is 4.77. The van der Waals surface area contributed by atoms with Crippen molar-refractivity contribution in [2.24, 2.45) is 11.5 Å². The minimum Gasteiger partial charge on any atom is -0.402 e. The van der Waals surface area contributed by atoms with Gasteiger partial charge in [0.2, 0.25) is 0 Å². The minimum atomic E-state index is -0.239. The summed E-state index contributed by atoms with van der Waals surface area (Å²) >= 11 is 0. The SMILES string of the molecule is C=C(C)/C(CCCc1ccc(F)cc1-c1ccc2ncc(CCN)n2c1)=C(/C)N. The molecular weight excluding hydrogens is 363 g/mol. The van der Waals surface area contributed by atoms with Crippen LogP contribution in [0.25, 0.3) is 16.8 Å². The van der Waals surface area contributed by atoms with E-state index in [0.29, 0.717) is 6.54 Å². The van der Waals surface area contributed by atoms with Crippen molar-refractivity contribution in [3.05, 3.63) is 83.2 Å². The Morgan fingerprint density at radius 2 is 1.97 bits per heavy atom. The van der Waals surface area contributed by atoms with Crippen LogP contribution in [-0.4, -0.2) is 15.9 Å². The van der Waals surface area contributed by atoms with E-state index in [1.54, 1.807) is 6.07 Å². The molecule has 0 spiro atoms. The lowest BCUT2D eigenvalue weighted by Crippen LogP contribution is -2.05. The zero-order valence-corrected chi connectivity index (χ0v) is 17.2. The number of rotatable bonds is 8. The van der Waals surface area contributed by atoms with Crippen LogP contribution in [0.1, 0.15) is 37.9 Å². The third kappa shape index (κ3) is 4.74. The number of aromatic nitrogens is 2. The molecule has 3 rings (SSSR count). The molecule has 0 atom stereocenters. The van der Waals surface area contributed by atoms with Gasteiger partial charge in [-0.2, -0.15) is 0 Å². The molecule has 152 valence electrons. The lowest BCUT2D eigenvalue weighted by molar-refractivity contribution is 0.627. The fourth-order valence-electron chi connectivity index (χ4n) is 3.76. The summed E-state index contributed by atoms with van der Waals surface area (Å²) in [7, 11) is 0. The molecule has 0 radical (unpaired) electrons. The second-order valence-electron chi connectivity index (χ2n) is 7.53. The number of pyridine rings is 1. The second kappa shape index (κ2) is 9.05. The number of aryl methyl sites for hydroxylation is 1. The summed E-state index contributed by atoms with van der Waals surface area (Å²) in [4.78, 5) is 4.42. The average Bonchev–Trinajstić information content (AvgIpc) is 3.08. The van der Waals surface area contributed by atoms with Crippen molar-refractivity contribution in [1.29, 1.82) is 0 Å². The van der Waals surface area contributed by atoms with Gasteiger partial charge in [-0.3, -0.25) is 0 Å². The van der Waals surface area contributed by atoms with Gasteiger partial charge in [-0.1, -0.05) is 18.2 Å². The summed E-state index contributed by atoms with van der Waals surface area (Å²) in [6.07, 6.45) is 7.22. The molecular formula is C24H29FN4. The lowest BCUT2D eigenvalue weighted by atomic mass is 9.94. The van der Waals surface area contributed by atoms with Crippen molar-refractivity contribution in [1.82, 2.24) is 9.38 Å². The van der Waals surface area contributed by atoms with Crippen molar-refractivity contribution in [2.45, 2.75) is 39.5 Å². The number of allylic oxidation sites excluding steroid dienone is 3. The lowest BCUT2D eigenvalue weighted by Gasteiger charge is -2.13. The van der Waals surface area contributed by atoms with Crippen LogP contribution in [0.4, 0.5) is 4.39 Å². The topological polar surface area (TPSA) is 69.3 Å². The maximum atomic E-state index is 14.1. The summed E-state index contributed by atoms with van der Waals surface area (Å²) in [5, 5.41) is 0. The number of hydrogen-bond donors (Lipinski definition) is 2. The number of benzene rings is 1. The monoisotopic (exact) mass is 392 g/mol. The molecule has 0 saturated carbocycles. The molecule has 0 saturated heterocycles. The first-order valence-corrected chi connectivity index (χ1v) is 9.96. The molecule has 0 unspecified atom stereocenters. The van der Waals surface area contributed by atoms with Crippen molar-refractivity contribution in [3.8, 4) is 11.1 Å². The maximum Gasteiger partial charge on any atom is 0.136 e. The Kier molecular flexibility index (Phi) is 6.49.